The monoisotopic (exact) mass is 409 g/mol. The highest BCUT2D eigenvalue weighted by molar-refractivity contribution is 7.89. The first-order valence-electron chi connectivity index (χ1n) is 9.60. The van der Waals surface area contributed by atoms with Crippen molar-refractivity contribution in [1.29, 1.82) is 0 Å². The molecule has 1 atom stereocenters. The number of amides is 2. The molecular weight excluding hydrogens is 382 g/mol. The Morgan fingerprint density at radius 1 is 1.21 bits per heavy atom. The van der Waals surface area contributed by atoms with Gasteiger partial charge in [-0.2, -0.15) is 4.31 Å². The smallest absolute Gasteiger partial charge is 0.243 e. The van der Waals surface area contributed by atoms with E-state index in [2.05, 4.69) is 5.32 Å². The van der Waals surface area contributed by atoms with Crippen LogP contribution in [-0.2, 0) is 24.3 Å². The van der Waals surface area contributed by atoms with Crippen molar-refractivity contribution in [3.63, 3.8) is 0 Å². The maximum Gasteiger partial charge on any atom is 0.243 e. The first-order valence-corrected chi connectivity index (χ1v) is 11.0. The normalized spacial score (nSPS) is 21.1. The number of carbonyl (C=O) groups excluding carboxylic acids is 2. The quantitative estimate of drug-likeness (QED) is 0.677. The molecule has 2 fully saturated rings. The van der Waals surface area contributed by atoms with Crippen LogP contribution in [0.2, 0.25) is 0 Å². The van der Waals surface area contributed by atoms with Crippen molar-refractivity contribution in [2.75, 3.05) is 44.8 Å². The number of anilines is 1. The molecule has 0 radical (unpaired) electrons. The lowest BCUT2D eigenvalue weighted by atomic mass is 9.99. The van der Waals surface area contributed by atoms with Gasteiger partial charge in [0.15, 0.2) is 0 Å². The Morgan fingerprint density at radius 2 is 1.96 bits per heavy atom. The van der Waals surface area contributed by atoms with Gasteiger partial charge in [-0.05, 0) is 43.5 Å². The zero-order chi connectivity index (χ0) is 20.1. The third kappa shape index (κ3) is 4.53. The minimum absolute atomic E-state index is 0.0639. The van der Waals surface area contributed by atoms with Crippen molar-refractivity contribution < 1.29 is 22.7 Å². The highest BCUT2D eigenvalue weighted by Gasteiger charge is 2.33. The molecule has 3 rings (SSSR count). The number of carbonyl (C=O) groups is 2. The third-order valence-electron chi connectivity index (χ3n) is 5.22. The van der Waals surface area contributed by atoms with E-state index < -0.39 is 10.0 Å². The zero-order valence-corrected chi connectivity index (χ0v) is 16.9. The Hall–Kier alpha value is -1.97. The Morgan fingerprint density at radius 3 is 2.61 bits per heavy atom. The number of methoxy groups -OCH3 is 1. The Balaban J connectivity index is 1.67. The fourth-order valence-electron chi connectivity index (χ4n) is 3.66. The van der Waals surface area contributed by atoms with Crippen molar-refractivity contribution in [2.24, 2.45) is 5.92 Å². The van der Waals surface area contributed by atoms with Crippen LogP contribution in [0.1, 0.15) is 25.7 Å². The Labute approximate surface area is 165 Å². The number of ether oxygens (including phenoxy) is 1. The summed E-state index contributed by atoms with van der Waals surface area (Å²) in [6.45, 7) is 2.07. The number of hydrogen-bond donors (Lipinski definition) is 1. The number of piperidine rings is 1. The summed E-state index contributed by atoms with van der Waals surface area (Å²) in [5.41, 5.74) is 0.718. The van der Waals surface area contributed by atoms with Crippen LogP contribution in [0.25, 0.3) is 0 Å². The lowest BCUT2D eigenvalue weighted by Crippen LogP contribution is -2.45. The molecular formula is C19H27N3O5S. The second kappa shape index (κ2) is 9.02. The topological polar surface area (TPSA) is 96.0 Å². The van der Waals surface area contributed by atoms with Gasteiger partial charge in [0, 0.05) is 45.4 Å². The van der Waals surface area contributed by atoms with Crippen LogP contribution in [0.4, 0.5) is 5.69 Å². The molecule has 2 saturated heterocycles. The molecule has 2 aliphatic heterocycles. The van der Waals surface area contributed by atoms with Crippen molar-refractivity contribution >= 4 is 27.5 Å². The van der Waals surface area contributed by atoms with Gasteiger partial charge in [-0.3, -0.25) is 9.59 Å². The van der Waals surface area contributed by atoms with Crippen molar-refractivity contribution in [3.8, 4) is 0 Å². The lowest BCUT2D eigenvalue weighted by molar-refractivity contribution is -0.126. The minimum atomic E-state index is -3.68. The SMILES string of the molecule is COCCNC(=O)[C@@H]1CCCN(S(=O)(=O)c2ccc(N3CCCC3=O)cc2)C1. The summed E-state index contributed by atoms with van der Waals surface area (Å²) < 4.78 is 32.3. The Kier molecular flexibility index (Phi) is 6.69. The van der Waals surface area contributed by atoms with Crippen LogP contribution >= 0.6 is 0 Å². The molecule has 1 N–H and O–H groups in total. The fourth-order valence-corrected chi connectivity index (χ4v) is 5.19. The second-order valence-electron chi connectivity index (χ2n) is 7.13. The molecule has 0 aromatic heterocycles. The standard InChI is InChI=1S/C19H27N3O5S/c1-27-13-10-20-19(24)15-4-2-11-21(14-15)28(25,26)17-8-6-16(7-9-17)22-12-3-5-18(22)23/h6-9,15H,2-5,10-14H2,1H3,(H,20,24)/t15-/m1/s1. The van der Waals surface area contributed by atoms with Gasteiger partial charge >= 0.3 is 0 Å². The number of nitrogens with zero attached hydrogens (tertiary/aromatic N) is 2. The zero-order valence-electron chi connectivity index (χ0n) is 16.1. The highest BCUT2D eigenvalue weighted by atomic mass is 32.2. The molecule has 2 aliphatic rings. The number of rotatable bonds is 7. The fraction of sp³-hybridized carbons (Fsp3) is 0.579. The molecule has 1 aromatic rings. The van der Waals surface area contributed by atoms with E-state index in [4.69, 9.17) is 4.74 Å². The first-order chi connectivity index (χ1) is 13.4. The summed E-state index contributed by atoms with van der Waals surface area (Å²) in [7, 11) is -2.12. The van der Waals surface area contributed by atoms with E-state index in [9.17, 15) is 18.0 Å². The van der Waals surface area contributed by atoms with Gasteiger partial charge in [0.05, 0.1) is 17.4 Å². The molecule has 8 nitrogen and oxygen atoms in total. The van der Waals surface area contributed by atoms with Crippen LogP contribution in [0, 0.1) is 5.92 Å². The van der Waals surface area contributed by atoms with Gasteiger partial charge in [-0.25, -0.2) is 8.42 Å². The largest absolute Gasteiger partial charge is 0.383 e. The van der Waals surface area contributed by atoms with E-state index in [-0.39, 0.29) is 29.2 Å². The molecule has 9 heteroatoms. The summed E-state index contributed by atoms with van der Waals surface area (Å²) in [6, 6.07) is 6.43. The third-order valence-corrected chi connectivity index (χ3v) is 7.10. The summed E-state index contributed by atoms with van der Waals surface area (Å²) in [5, 5.41) is 2.79. The molecule has 2 heterocycles. The summed E-state index contributed by atoms with van der Waals surface area (Å²) >= 11 is 0. The highest BCUT2D eigenvalue weighted by Crippen LogP contribution is 2.27. The van der Waals surface area contributed by atoms with Crippen LogP contribution in [0.15, 0.2) is 29.2 Å². The van der Waals surface area contributed by atoms with Crippen molar-refractivity contribution in [3.05, 3.63) is 24.3 Å². The summed E-state index contributed by atoms with van der Waals surface area (Å²) in [4.78, 5) is 26.0. The van der Waals surface area contributed by atoms with E-state index in [1.165, 1.54) is 4.31 Å². The van der Waals surface area contributed by atoms with Crippen LogP contribution < -0.4 is 10.2 Å². The van der Waals surface area contributed by atoms with Gasteiger partial charge in [0.2, 0.25) is 21.8 Å². The number of hydrogen-bond acceptors (Lipinski definition) is 5. The van der Waals surface area contributed by atoms with E-state index in [1.807, 2.05) is 0 Å². The van der Waals surface area contributed by atoms with E-state index in [0.717, 1.165) is 12.1 Å². The predicted octanol–water partition coefficient (Wildman–Crippen LogP) is 0.977. The Bertz CT molecular complexity index is 809. The lowest BCUT2D eigenvalue weighted by Gasteiger charge is -2.31. The predicted molar refractivity (Wildman–Crippen MR) is 104 cm³/mol. The average molecular weight is 410 g/mol. The maximum atomic E-state index is 13.0. The van der Waals surface area contributed by atoms with Crippen LogP contribution in [0.5, 0.6) is 0 Å². The van der Waals surface area contributed by atoms with Crippen LogP contribution in [-0.4, -0.2) is 64.4 Å². The molecule has 0 spiro atoms. The summed E-state index contributed by atoms with van der Waals surface area (Å²) in [5.74, 6) is -0.435. The van der Waals surface area contributed by atoms with Crippen LogP contribution in [0.3, 0.4) is 0 Å². The number of benzene rings is 1. The first kappa shape index (κ1) is 20.8. The number of nitrogens with one attached hydrogen (secondary N) is 1. The van der Waals surface area contributed by atoms with Gasteiger partial charge in [0.25, 0.3) is 0 Å². The molecule has 2 amide bonds. The molecule has 0 bridgehead atoms. The van der Waals surface area contributed by atoms with Crippen molar-refractivity contribution in [2.45, 2.75) is 30.6 Å². The second-order valence-corrected chi connectivity index (χ2v) is 9.07. The minimum Gasteiger partial charge on any atom is -0.383 e. The average Bonchev–Trinajstić information content (AvgIpc) is 3.14. The van der Waals surface area contributed by atoms with Gasteiger partial charge in [-0.1, -0.05) is 0 Å². The molecule has 0 saturated carbocycles. The molecule has 0 aliphatic carbocycles. The van der Waals surface area contributed by atoms with Gasteiger partial charge in [-0.15, -0.1) is 0 Å². The number of sulfonamides is 1. The maximum absolute atomic E-state index is 13.0. The van der Waals surface area contributed by atoms with Gasteiger partial charge < -0.3 is 15.0 Å². The van der Waals surface area contributed by atoms with E-state index in [1.54, 1.807) is 36.3 Å². The summed E-state index contributed by atoms with van der Waals surface area (Å²) in [6.07, 6.45) is 2.66. The van der Waals surface area contributed by atoms with E-state index >= 15 is 0 Å². The van der Waals surface area contributed by atoms with E-state index in [0.29, 0.717) is 45.5 Å². The van der Waals surface area contributed by atoms with Crippen molar-refractivity contribution in [1.82, 2.24) is 9.62 Å². The molecule has 28 heavy (non-hydrogen) atoms. The molecule has 1 aromatic carbocycles. The molecule has 154 valence electrons. The molecule has 0 unspecified atom stereocenters. The van der Waals surface area contributed by atoms with Gasteiger partial charge in [0.1, 0.15) is 0 Å².